The predicted octanol–water partition coefficient (Wildman–Crippen LogP) is 4.40. The summed E-state index contributed by atoms with van der Waals surface area (Å²) >= 11 is 0. The Hall–Kier alpha value is -1.36. The first kappa shape index (κ1) is 16.6. The molecule has 0 atom stereocenters. The number of hydrogen-bond donors (Lipinski definition) is 0. The molecule has 0 aromatic heterocycles. The Bertz CT molecular complexity index is 463. The first-order valence-electron chi connectivity index (χ1n) is 6.56. The number of unbranched alkanes of at least 4 members (excludes halogenated alkanes) is 2. The first-order chi connectivity index (χ1) is 8.37. The predicted molar refractivity (Wildman–Crippen MR) is 84.6 cm³/mol. The highest BCUT2D eigenvalue weighted by Gasteiger charge is 2.06. The summed E-state index contributed by atoms with van der Waals surface area (Å²) in [5.74, 6) is 15.3. The molecule has 0 nitrogen and oxygen atoms in total. The number of hydrogen-bond acceptors (Lipinski definition) is 0. The molecule has 0 aliphatic heterocycles. The Kier molecular flexibility index (Phi) is 8.03. The van der Waals surface area contributed by atoms with Gasteiger partial charge in [0.2, 0.25) is 0 Å². The summed E-state index contributed by atoms with van der Waals surface area (Å²) in [5.41, 5.74) is 5.33. The molecule has 0 rings (SSSR count). The monoisotopic (exact) mass is 256 g/mol. The summed E-state index contributed by atoms with van der Waals surface area (Å²) in [7, 11) is -1.31. The Balaban J connectivity index is 4.76. The van der Waals surface area contributed by atoms with Crippen LogP contribution in [0, 0.1) is 35.1 Å². The van der Waals surface area contributed by atoms with Crippen LogP contribution in [-0.4, -0.2) is 8.07 Å². The highest BCUT2D eigenvalue weighted by atomic mass is 28.3. The Morgan fingerprint density at radius 2 is 1.67 bits per heavy atom. The van der Waals surface area contributed by atoms with E-state index in [1.54, 1.807) is 0 Å². The van der Waals surface area contributed by atoms with Gasteiger partial charge in [-0.15, -0.1) is 5.54 Å². The van der Waals surface area contributed by atoms with Crippen LogP contribution in [0.5, 0.6) is 0 Å². The molecule has 0 unspecified atom stereocenters. The van der Waals surface area contributed by atoms with E-state index in [1.165, 1.54) is 12.0 Å². The number of allylic oxidation sites excluding steroid dienone is 2. The SMILES string of the molecule is CCCCC#CC(C#CC#C[Si](C)(C)C)=C(C)C. The van der Waals surface area contributed by atoms with Crippen molar-refractivity contribution in [2.75, 3.05) is 0 Å². The highest BCUT2D eigenvalue weighted by molar-refractivity contribution is 6.83. The standard InChI is InChI=1S/C17H24Si/c1-7-8-9-10-13-17(16(2)3)14-11-12-15-18(4,5)6/h7-9H2,1-6H3. The summed E-state index contributed by atoms with van der Waals surface area (Å²) in [4.78, 5) is 0. The molecule has 0 aliphatic rings. The van der Waals surface area contributed by atoms with Crippen molar-refractivity contribution in [2.24, 2.45) is 0 Å². The molecule has 0 amide bonds. The van der Waals surface area contributed by atoms with Crippen LogP contribution in [0.15, 0.2) is 11.1 Å². The second kappa shape index (κ2) is 8.69. The van der Waals surface area contributed by atoms with E-state index in [4.69, 9.17) is 0 Å². The Labute approximate surface area is 114 Å². The van der Waals surface area contributed by atoms with E-state index in [0.717, 1.165) is 18.4 Å². The van der Waals surface area contributed by atoms with E-state index in [1.807, 2.05) is 13.8 Å². The van der Waals surface area contributed by atoms with Crippen LogP contribution in [0.25, 0.3) is 0 Å². The summed E-state index contributed by atoms with van der Waals surface area (Å²) in [6.45, 7) is 12.9. The van der Waals surface area contributed by atoms with Crippen molar-refractivity contribution in [3.05, 3.63) is 11.1 Å². The van der Waals surface area contributed by atoms with Crippen molar-refractivity contribution in [3.8, 4) is 35.1 Å². The molecular weight excluding hydrogens is 232 g/mol. The summed E-state index contributed by atoms with van der Waals surface area (Å²) in [5, 5.41) is 0. The maximum absolute atomic E-state index is 3.24. The van der Waals surface area contributed by atoms with E-state index in [2.05, 4.69) is 61.7 Å². The second-order valence-electron chi connectivity index (χ2n) is 5.53. The molecule has 0 saturated heterocycles. The molecule has 18 heavy (non-hydrogen) atoms. The van der Waals surface area contributed by atoms with E-state index >= 15 is 0 Å². The molecular formula is C17H24Si. The van der Waals surface area contributed by atoms with Gasteiger partial charge in [0.1, 0.15) is 8.07 Å². The number of rotatable bonds is 2. The van der Waals surface area contributed by atoms with Gasteiger partial charge in [-0.3, -0.25) is 0 Å². The Morgan fingerprint density at radius 3 is 2.17 bits per heavy atom. The third-order valence-electron chi connectivity index (χ3n) is 2.06. The lowest BCUT2D eigenvalue weighted by atomic mass is 10.1. The largest absolute Gasteiger partial charge is 0.130 e. The van der Waals surface area contributed by atoms with Crippen LogP contribution in [0.1, 0.15) is 40.0 Å². The first-order valence-corrected chi connectivity index (χ1v) is 10.1. The molecule has 0 aliphatic carbocycles. The average Bonchev–Trinajstić information content (AvgIpc) is 2.25. The van der Waals surface area contributed by atoms with Crippen LogP contribution in [0.3, 0.4) is 0 Å². The smallest absolute Gasteiger partial charge is 0.118 e. The summed E-state index contributed by atoms with van der Waals surface area (Å²) < 4.78 is 0. The third-order valence-corrected chi connectivity index (χ3v) is 2.93. The molecule has 0 aromatic rings. The van der Waals surface area contributed by atoms with Gasteiger partial charge in [-0.25, -0.2) is 0 Å². The highest BCUT2D eigenvalue weighted by Crippen LogP contribution is 2.01. The molecule has 0 aromatic carbocycles. The fourth-order valence-corrected chi connectivity index (χ4v) is 1.45. The summed E-state index contributed by atoms with van der Waals surface area (Å²) in [6, 6.07) is 0. The van der Waals surface area contributed by atoms with Gasteiger partial charge in [0.05, 0.1) is 5.57 Å². The molecule has 0 N–H and O–H groups in total. The molecule has 0 saturated carbocycles. The molecule has 0 radical (unpaired) electrons. The van der Waals surface area contributed by atoms with Crippen molar-refractivity contribution in [2.45, 2.75) is 59.7 Å². The minimum Gasteiger partial charge on any atom is -0.118 e. The molecule has 1 heteroatoms. The van der Waals surface area contributed by atoms with E-state index < -0.39 is 8.07 Å². The van der Waals surface area contributed by atoms with Crippen LogP contribution in [0.2, 0.25) is 19.6 Å². The van der Waals surface area contributed by atoms with E-state index in [-0.39, 0.29) is 0 Å². The van der Waals surface area contributed by atoms with Crippen LogP contribution >= 0.6 is 0 Å². The zero-order chi connectivity index (χ0) is 14.0. The van der Waals surface area contributed by atoms with Gasteiger partial charge in [0.25, 0.3) is 0 Å². The molecule has 0 heterocycles. The fourth-order valence-electron chi connectivity index (χ4n) is 1.01. The fraction of sp³-hybridized carbons (Fsp3) is 0.529. The van der Waals surface area contributed by atoms with Gasteiger partial charge in [0.15, 0.2) is 0 Å². The lowest BCUT2D eigenvalue weighted by Gasteiger charge is -2.01. The molecule has 0 fully saturated rings. The van der Waals surface area contributed by atoms with E-state index in [9.17, 15) is 0 Å². The maximum atomic E-state index is 3.24. The minimum atomic E-state index is -1.31. The van der Waals surface area contributed by atoms with Crippen molar-refractivity contribution in [1.82, 2.24) is 0 Å². The second-order valence-corrected chi connectivity index (χ2v) is 10.3. The van der Waals surface area contributed by atoms with Crippen molar-refractivity contribution >= 4 is 8.07 Å². The quantitative estimate of drug-likeness (QED) is 0.390. The van der Waals surface area contributed by atoms with Gasteiger partial charge in [0, 0.05) is 6.42 Å². The lowest BCUT2D eigenvalue weighted by molar-refractivity contribution is 0.828. The molecule has 96 valence electrons. The normalized spacial score (nSPS) is 9.00. The van der Waals surface area contributed by atoms with Crippen LogP contribution in [-0.2, 0) is 0 Å². The zero-order valence-electron chi connectivity index (χ0n) is 12.6. The third kappa shape index (κ3) is 9.83. The van der Waals surface area contributed by atoms with Gasteiger partial charge in [-0.05, 0) is 38.0 Å². The topological polar surface area (TPSA) is 0 Å². The zero-order valence-corrected chi connectivity index (χ0v) is 13.6. The van der Waals surface area contributed by atoms with E-state index in [0.29, 0.717) is 0 Å². The van der Waals surface area contributed by atoms with Crippen LogP contribution in [0.4, 0.5) is 0 Å². The Morgan fingerprint density at radius 1 is 1.00 bits per heavy atom. The maximum Gasteiger partial charge on any atom is 0.130 e. The van der Waals surface area contributed by atoms with Crippen molar-refractivity contribution in [1.29, 1.82) is 0 Å². The average molecular weight is 256 g/mol. The minimum absolute atomic E-state index is 0.927. The van der Waals surface area contributed by atoms with Gasteiger partial charge in [-0.2, -0.15) is 0 Å². The van der Waals surface area contributed by atoms with Gasteiger partial charge in [-0.1, -0.05) is 50.4 Å². The van der Waals surface area contributed by atoms with Crippen molar-refractivity contribution in [3.63, 3.8) is 0 Å². The van der Waals surface area contributed by atoms with Crippen molar-refractivity contribution < 1.29 is 0 Å². The van der Waals surface area contributed by atoms with Gasteiger partial charge < -0.3 is 0 Å². The lowest BCUT2D eigenvalue weighted by Crippen LogP contribution is -2.16. The summed E-state index contributed by atoms with van der Waals surface area (Å²) in [6.07, 6.45) is 3.30. The molecule has 0 spiro atoms. The van der Waals surface area contributed by atoms with Crippen LogP contribution < -0.4 is 0 Å². The molecule has 0 bridgehead atoms. The van der Waals surface area contributed by atoms with Gasteiger partial charge >= 0.3 is 0 Å².